The molecule has 2 aliphatic rings. The molecular formula is C26H29N5O. The maximum atomic E-state index is 5.74. The number of pyridine rings is 1. The second-order valence-electron chi connectivity index (χ2n) is 9.13. The smallest absolute Gasteiger partial charge is 0.137 e. The van der Waals surface area contributed by atoms with Crippen LogP contribution in [-0.2, 0) is 4.74 Å². The van der Waals surface area contributed by atoms with E-state index < -0.39 is 0 Å². The minimum absolute atomic E-state index is 0.460. The van der Waals surface area contributed by atoms with Gasteiger partial charge in [-0.25, -0.2) is 4.98 Å². The number of likely N-dealkylation sites (N-methyl/N-ethyl adjacent to an activating group) is 1. The predicted octanol–water partition coefficient (Wildman–Crippen LogP) is 4.42. The lowest BCUT2D eigenvalue weighted by Crippen LogP contribution is -2.44. The number of rotatable bonds is 3. The number of hydrogen-bond donors (Lipinski definition) is 1. The fourth-order valence-electron chi connectivity index (χ4n) is 5.05. The first kappa shape index (κ1) is 19.7. The molecule has 164 valence electrons. The molecule has 1 atom stereocenters. The Balaban J connectivity index is 1.46. The van der Waals surface area contributed by atoms with Gasteiger partial charge in [-0.3, -0.25) is 5.10 Å². The summed E-state index contributed by atoms with van der Waals surface area (Å²) < 4.78 is 5.74. The molecule has 2 aromatic carbocycles. The Morgan fingerprint density at radius 2 is 1.88 bits per heavy atom. The van der Waals surface area contributed by atoms with Crippen molar-refractivity contribution in [2.45, 2.75) is 18.8 Å². The summed E-state index contributed by atoms with van der Waals surface area (Å²) in [5, 5.41) is 11.5. The van der Waals surface area contributed by atoms with Gasteiger partial charge in [-0.15, -0.1) is 0 Å². The van der Waals surface area contributed by atoms with Crippen LogP contribution in [0.1, 0.15) is 24.3 Å². The van der Waals surface area contributed by atoms with Crippen LogP contribution in [0, 0.1) is 0 Å². The van der Waals surface area contributed by atoms with Gasteiger partial charge in [-0.05, 0) is 49.0 Å². The van der Waals surface area contributed by atoms with Crippen LogP contribution in [0.3, 0.4) is 0 Å². The average Bonchev–Trinajstić information content (AvgIpc) is 3.28. The van der Waals surface area contributed by atoms with Crippen molar-refractivity contribution in [3.05, 3.63) is 54.1 Å². The van der Waals surface area contributed by atoms with Gasteiger partial charge in [0.05, 0.1) is 17.8 Å². The van der Waals surface area contributed by atoms with Crippen molar-refractivity contribution >= 4 is 27.5 Å². The van der Waals surface area contributed by atoms with Crippen molar-refractivity contribution in [3.63, 3.8) is 0 Å². The van der Waals surface area contributed by atoms with E-state index in [0.29, 0.717) is 5.92 Å². The highest BCUT2D eigenvalue weighted by molar-refractivity contribution is 5.98. The first-order chi connectivity index (χ1) is 15.8. The van der Waals surface area contributed by atoms with Crippen LogP contribution in [0.15, 0.2) is 48.5 Å². The van der Waals surface area contributed by atoms with Crippen LogP contribution < -0.4 is 4.90 Å². The quantitative estimate of drug-likeness (QED) is 0.524. The normalized spacial score (nSPS) is 20.3. The topological polar surface area (TPSA) is 57.3 Å². The minimum atomic E-state index is 0.460. The number of piperazine rings is 1. The zero-order valence-electron chi connectivity index (χ0n) is 18.6. The second kappa shape index (κ2) is 8.19. The maximum Gasteiger partial charge on any atom is 0.137 e. The van der Waals surface area contributed by atoms with Crippen LogP contribution in [0.25, 0.3) is 33.1 Å². The summed E-state index contributed by atoms with van der Waals surface area (Å²) in [5.41, 5.74) is 4.25. The SMILES string of the molecule is CN1CCN(c2nc(-c3n[nH]c4ccc(C5CCCOC5)cc34)cc3ccccc23)CC1. The second-order valence-corrected chi connectivity index (χ2v) is 9.13. The van der Waals surface area contributed by atoms with Crippen LogP contribution in [0.5, 0.6) is 0 Å². The molecule has 0 radical (unpaired) electrons. The fraction of sp³-hybridized carbons (Fsp3) is 0.385. The molecule has 4 heterocycles. The van der Waals surface area contributed by atoms with Crippen molar-refractivity contribution in [1.29, 1.82) is 0 Å². The van der Waals surface area contributed by atoms with Crippen LogP contribution >= 0.6 is 0 Å². The van der Waals surface area contributed by atoms with Gasteiger partial charge in [0.1, 0.15) is 11.5 Å². The van der Waals surface area contributed by atoms with E-state index in [0.717, 1.165) is 73.9 Å². The summed E-state index contributed by atoms with van der Waals surface area (Å²) in [6.45, 7) is 5.78. The number of nitrogens with one attached hydrogen (secondary N) is 1. The Bertz CT molecular complexity index is 1250. The van der Waals surface area contributed by atoms with E-state index in [9.17, 15) is 0 Å². The summed E-state index contributed by atoms with van der Waals surface area (Å²) >= 11 is 0. The van der Waals surface area contributed by atoms with Crippen LogP contribution in [0.2, 0.25) is 0 Å². The molecule has 2 saturated heterocycles. The van der Waals surface area contributed by atoms with Crippen LogP contribution in [-0.4, -0.2) is 66.5 Å². The Morgan fingerprint density at radius 3 is 2.72 bits per heavy atom. The third-order valence-electron chi connectivity index (χ3n) is 6.98. The first-order valence-corrected chi connectivity index (χ1v) is 11.7. The van der Waals surface area contributed by atoms with Gasteiger partial charge >= 0.3 is 0 Å². The Hall–Kier alpha value is -2.96. The number of nitrogens with zero attached hydrogens (tertiary/aromatic N) is 4. The van der Waals surface area contributed by atoms with Gasteiger partial charge in [0.15, 0.2) is 0 Å². The zero-order chi connectivity index (χ0) is 21.5. The monoisotopic (exact) mass is 427 g/mol. The molecule has 32 heavy (non-hydrogen) atoms. The van der Waals surface area contributed by atoms with Gasteiger partial charge in [0.2, 0.25) is 0 Å². The number of fused-ring (bicyclic) bond motifs is 2. The molecule has 2 aliphatic heterocycles. The van der Waals surface area contributed by atoms with E-state index in [1.54, 1.807) is 0 Å². The Labute approximate surface area is 188 Å². The number of H-pyrrole nitrogens is 1. The van der Waals surface area contributed by atoms with Crippen molar-refractivity contribution in [1.82, 2.24) is 20.1 Å². The van der Waals surface area contributed by atoms with E-state index in [1.807, 2.05) is 0 Å². The minimum Gasteiger partial charge on any atom is -0.381 e. The molecule has 6 heteroatoms. The molecule has 4 aromatic rings. The van der Waals surface area contributed by atoms with E-state index in [-0.39, 0.29) is 0 Å². The lowest BCUT2D eigenvalue weighted by Gasteiger charge is -2.34. The fourth-order valence-corrected chi connectivity index (χ4v) is 5.05. The highest BCUT2D eigenvalue weighted by atomic mass is 16.5. The van der Waals surface area contributed by atoms with E-state index in [1.165, 1.54) is 22.8 Å². The van der Waals surface area contributed by atoms with Crippen molar-refractivity contribution in [2.24, 2.45) is 0 Å². The molecule has 6 rings (SSSR count). The molecule has 1 unspecified atom stereocenters. The molecule has 0 amide bonds. The number of hydrogen-bond acceptors (Lipinski definition) is 5. The van der Waals surface area contributed by atoms with Gasteiger partial charge in [-0.2, -0.15) is 5.10 Å². The molecule has 0 saturated carbocycles. The maximum absolute atomic E-state index is 5.74. The van der Waals surface area contributed by atoms with Crippen molar-refractivity contribution < 1.29 is 4.74 Å². The summed E-state index contributed by atoms with van der Waals surface area (Å²) in [7, 11) is 2.18. The molecule has 0 bridgehead atoms. The summed E-state index contributed by atoms with van der Waals surface area (Å²) in [5.74, 6) is 1.53. The average molecular weight is 428 g/mol. The van der Waals surface area contributed by atoms with Gasteiger partial charge < -0.3 is 14.5 Å². The molecule has 0 spiro atoms. The number of anilines is 1. The molecule has 6 nitrogen and oxygen atoms in total. The van der Waals surface area contributed by atoms with Gasteiger partial charge in [0.25, 0.3) is 0 Å². The molecular weight excluding hydrogens is 398 g/mol. The number of aromatic amines is 1. The summed E-state index contributed by atoms with van der Waals surface area (Å²) in [4.78, 5) is 9.98. The zero-order valence-corrected chi connectivity index (χ0v) is 18.6. The third kappa shape index (κ3) is 3.53. The number of aromatic nitrogens is 3. The van der Waals surface area contributed by atoms with Crippen molar-refractivity contribution in [3.8, 4) is 11.4 Å². The lowest BCUT2D eigenvalue weighted by molar-refractivity contribution is 0.0805. The van der Waals surface area contributed by atoms with Gasteiger partial charge in [-0.1, -0.05) is 30.3 Å². The van der Waals surface area contributed by atoms with E-state index >= 15 is 0 Å². The number of benzene rings is 2. The Morgan fingerprint density at radius 1 is 1.00 bits per heavy atom. The van der Waals surface area contributed by atoms with E-state index in [4.69, 9.17) is 14.8 Å². The van der Waals surface area contributed by atoms with Crippen molar-refractivity contribution in [2.75, 3.05) is 51.3 Å². The molecule has 2 aromatic heterocycles. The first-order valence-electron chi connectivity index (χ1n) is 11.7. The predicted molar refractivity (Wildman–Crippen MR) is 129 cm³/mol. The summed E-state index contributed by atoms with van der Waals surface area (Å²) in [6, 6.07) is 17.4. The summed E-state index contributed by atoms with van der Waals surface area (Å²) in [6.07, 6.45) is 2.31. The number of ether oxygens (including phenoxy) is 1. The standard InChI is InChI=1S/C26H29N5O/c1-30-10-12-31(13-11-30)26-21-7-3-2-5-19(21)16-24(27-26)25-22-15-18(8-9-23(22)28-29-25)20-6-4-14-32-17-20/h2-3,5,7-9,15-16,20H,4,6,10-14,17H2,1H3,(H,28,29). The third-order valence-corrected chi connectivity index (χ3v) is 6.98. The van der Waals surface area contributed by atoms with Gasteiger partial charge in [0, 0.05) is 49.5 Å². The molecule has 1 N–H and O–H groups in total. The Kier molecular flexibility index (Phi) is 5.04. The lowest BCUT2D eigenvalue weighted by atomic mass is 9.92. The van der Waals surface area contributed by atoms with E-state index in [2.05, 4.69) is 70.5 Å². The largest absolute Gasteiger partial charge is 0.381 e. The molecule has 0 aliphatic carbocycles. The highest BCUT2D eigenvalue weighted by Gasteiger charge is 2.21. The highest BCUT2D eigenvalue weighted by Crippen LogP contribution is 2.34. The van der Waals surface area contributed by atoms with Crippen LogP contribution in [0.4, 0.5) is 5.82 Å². The molecule has 2 fully saturated rings.